The molecule has 1 saturated heterocycles. The van der Waals surface area contributed by atoms with Gasteiger partial charge in [0.05, 0.1) is 16.7 Å². The monoisotopic (exact) mass is 448 g/mol. The molecule has 1 aliphatic carbocycles. The molecule has 0 radical (unpaired) electrons. The van der Waals surface area contributed by atoms with Gasteiger partial charge in [-0.2, -0.15) is 13.2 Å². The van der Waals surface area contributed by atoms with Crippen LogP contribution in [0.15, 0.2) is 9.59 Å². The second kappa shape index (κ2) is 6.82. The number of nitrogens with zero attached hydrogens (tertiary/aromatic N) is 3. The molecule has 0 unspecified atom stereocenters. The van der Waals surface area contributed by atoms with Gasteiger partial charge in [0.1, 0.15) is 4.83 Å². The first kappa shape index (κ1) is 20.9. The molecule has 164 valence electrons. The number of aliphatic hydroxyl groups is 2. The summed E-state index contributed by atoms with van der Waals surface area (Å²) in [5.41, 5.74) is -1.42. The molecule has 2 aliphatic rings. The van der Waals surface area contributed by atoms with E-state index < -0.39 is 42.3 Å². The van der Waals surface area contributed by atoms with Gasteiger partial charge in [-0.25, -0.2) is 9.59 Å². The van der Waals surface area contributed by atoms with Crippen molar-refractivity contribution < 1.29 is 28.2 Å². The van der Waals surface area contributed by atoms with Crippen LogP contribution in [0.4, 0.5) is 18.0 Å². The smallest absolute Gasteiger partial charge is 0.344 e. The molecule has 1 saturated carbocycles. The molecular formula is C17H19F3N4O5S. The van der Waals surface area contributed by atoms with Crippen LogP contribution >= 0.6 is 11.3 Å². The standard InChI is InChI=1S/C17H19F3N4O5S/c1-8-10-12(25)24(9-2-3-9)15(27)22(6-4-16(18,19)20)13(10)30-11(8)17(28,29)23-7-5-21-14(23)26/h9,28-29H,2-7H2,1H3,(H,21,26). The minimum Gasteiger partial charge on any atom is -0.344 e. The Balaban J connectivity index is 1.95. The molecule has 9 nitrogen and oxygen atoms in total. The lowest BCUT2D eigenvalue weighted by Gasteiger charge is -2.30. The molecule has 3 heterocycles. The van der Waals surface area contributed by atoms with Crippen LogP contribution in [0, 0.1) is 6.92 Å². The van der Waals surface area contributed by atoms with Crippen molar-refractivity contribution in [2.45, 2.75) is 50.9 Å². The summed E-state index contributed by atoms with van der Waals surface area (Å²) in [5, 5.41) is 23.8. The second-order valence-corrected chi connectivity index (χ2v) is 8.46. The summed E-state index contributed by atoms with van der Waals surface area (Å²) in [5.74, 6) is -2.78. The highest BCUT2D eigenvalue weighted by Gasteiger charge is 2.44. The number of carbonyl (C=O) groups excluding carboxylic acids is 1. The fourth-order valence-electron chi connectivity index (χ4n) is 3.67. The number of urea groups is 1. The van der Waals surface area contributed by atoms with E-state index in [9.17, 15) is 37.8 Å². The maximum Gasteiger partial charge on any atom is 0.390 e. The number of hydrogen-bond donors (Lipinski definition) is 3. The Morgan fingerprint density at radius 1 is 1.20 bits per heavy atom. The molecule has 2 aromatic rings. The van der Waals surface area contributed by atoms with E-state index in [2.05, 4.69) is 5.32 Å². The largest absolute Gasteiger partial charge is 0.390 e. The summed E-state index contributed by atoms with van der Waals surface area (Å²) in [7, 11) is 0. The van der Waals surface area contributed by atoms with Gasteiger partial charge in [0.25, 0.3) is 11.5 Å². The number of aromatic nitrogens is 2. The number of aryl methyl sites for hydroxylation is 2. The maximum atomic E-state index is 13.0. The van der Waals surface area contributed by atoms with E-state index in [1.807, 2.05) is 0 Å². The highest BCUT2D eigenvalue weighted by atomic mass is 32.1. The van der Waals surface area contributed by atoms with Crippen LogP contribution in [-0.2, 0) is 12.5 Å². The fourth-order valence-corrected chi connectivity index (χ4v) is 4.98. The summed E-state index contributed by atoms with van der Waals surface area (Å²) >= 11 is 0.627. The van der Waals surface area contributed by atoms with Gasteiger partial charge in [0.2, 0.25) is 0 Å². The zero-order valence-corrected chi connectivity index (χ0v) is 16.6. The number of carbonyl (C=O) groups is 1. The first-order valence-corrected chi connectivity index (χ1v) is 10.1. The lowest BCUT2D eigenvalue weighted by Crippen LogP contribution is -2.47. The molecule has 30 heavy (non-hydrogen) atoms. The van der Waals surface area contributed by atoms with Crippen LogP contribution in [0.25, 0.3) is 10.2 Å². The van der Waals surface area contributed by atoms with Gasteiger partial charge in [-0.3, -0.25) is 18.8 Å². The highest BCUT2D eigenvalue weighted by Crippen LogP contribution is 2.39. The number of hydrogen-bond acceptors (Lipinski definition) is 6. The maximum absolute atomic E-state index is 13.0. The Kier molecular flexibility index (Phi) is 4.74. The number of thiophene rings is 1. The van der Waals surface area contributed by atoms with Crippen molar-refractivity contribution in [3.05, 3.63) is 31.3 Å². The molecule has 13 heteroatoms. The summed E-state index contributed by atoms with van der Waals surface area (Å²) in [6.07, 6.45) is -4.68. The lowest BCUT2D eigenvalue weighted by atomic mass is 10.1. The molecular weight excluding hydrogens is 429 g/mol. The van der Waals surface area contributed by atoms with Crippen molar-refractivity contribution in [1.82, 2.24) is 19.4 Å². The molecule has 1 aliphatic heterocycles. The van der Waals surface area contributed by atoms with Crippen LogP contribution in [0.2, 0.25) is 0 Å². The van der Waals surface area contributed by atoms with Crippen LogP contribution in [0.5, 0.6) is 0 Å². The van der Waals surface area contributed by atoms with Gasteiger partial charge in [0, 0.05) is 25.7 Å². The number of halogens is 3. The van der Waals surface area contributed by atoms with E-state index >= 15 is 0 Å². The summed E-state index contributed by atoms with van der Waals surface area (Å²) < 4.78 is 40.3. The molecule has 2 amide bonds. The minimum atomic E-state index is -4.52. The molecule has 4 rings (SSSR count). The number of nitrogens with one attached hydrogen (secondary N) is 1. The van der Waals surface area contributed by atoms with Gasteiger partial charge in [-0.1, -0.05) is 0 Å². The van der Waals surface area contributed by atoms with Crippen molar-refractivity contribution in [3.63, 3.8) is 0 Å². The van der Waals surface area contributed by atoms with Crippen molar-refractivity contribution in [2.75, 3.05) is 13.1 Å². The van der Waals surface area contributed by atoms with E-state index in [1.165, 1.54) is 6.92 Å². The number of alkyl halides is 3. The van der Waals surface area contributed by atoms with Crippen molar-refractivity contribution in [2.24, 2.45) is 0 Å². The zero-order valence-electron chi connectivity index (χ0n) is 15.8. The first-order chi connectivity index (χ1) is 13.9. The Hall–Kier alpha value is -2.38. The summed E-state index contributed by atoms with van der Waals surface area (Å²) in [6.45, 7) is 0.864. The number of rotatable bonds is 5. The van der Waals surface area contributed by atoms with Crippen LogP contribution in [-0.4, -0.2) is 49.5 Å². The normalized spacial score (nSPS) is 17.8. The number of amides is 2. The Labute approximate surface area is 170 Å². The molecule has 0 aromatic carbocycles. The predicted molar refractivity (Wildman–Crippen MR) is 100 cm³/mol. The predicted octanol–water partition coefficient (Wildman–Crippen LogP) is 0.941. The third-order valence-electron chi connectivity index (χ3n) is 5.31. The van der Waals surface area contributed by atoms with Crippen molar-refractivity contribution in [1.29, 1.82) is 0 Å². The molecule has 3 N–H and O–H groups in total. The van der Waals surface area contributed by atoms with Gasteiger partial charge in [-0.15, -0.1) is 11.3 Å². The van der Waals surface area contributed by atoms with Crippen molar-refractivity contribution in [3.8, 4) is 0 Å². The fraction of sp³-hybridized carbons (Fsp3) is 0.588. The summed E-state index contributed by atoms with van der Waals surface area (Å²) in [6, 6.07) is -1.12. The molecule has 2 fully saturated rings. The van der Waals surface area contributed by atoms with Gasteiger partial charge in [-0.05, 0) is 25.3 Å². The Bertz CT molecular complexity index is 1150. The Morgan fingerprint density at radius 3 is 2.40 bits per heavy atom. The van der Waals surface area contributed by atoms with Crippen LogP contribution in [0.1, 0.15) is 35.7 Å². The van der Waals surface area contributed by atoms with E-state index in [-0.39, 0.29) is 39.8 Å². The number of fused-ring (bicyclic) bond motifs is 1. The van der Waals surface area contributed by atoms with Gasteiger partial charge in [0.15, 0.2) is 0 Å². The third kappa shape index (κ3) is 3.30. The third-order valence-corrected chi connectivity index (χ3v) is 6.71. The molecule has 0 atom stereocenters. The second-order valence-electron chi connectivity index (χ2n) is 7.46. The van der Waals surface area contributed by atoms with Gasteiger partial charge >= 0.3 is 17.9 Å². The zero-order chi connectivity index (χ0) is 22.0. The van der Waals surface area contributed by atoms with E-state index in [1.54, 1.807) is 0 Å². The van der Waals surface area contributed by atoms with E-state index in [4.69, 9.17) is 0 Å². The average Bonchev–Trinajstić information content (AvgIpc) is 3.25. The first-order valence-electron chi connectivity index (χ1n) is 9.29. The lowest BCUT2D eigenvalue weighted by molar-refractivity contribution is -0.248. The van der Waals surface area contributed by atoms with Crippen LogP contribution < -0.4 is 16.6 Å². The summed E-state index contributed by atoms with van der Waals surface area (Å²) in [4.78, 5) is 38.3. The topological polar surface area (TPSA) is 117 Å². The van der Waals surface area contributed by atoms with E-state index in [0.29, 0.717) is 24.2 Å². The van der Waals surface area contributed by atoms with E-state index in [0.717, 1.165) is 14.0 Å². The molecule has 0 spiro atoms. The van der Waals surface area contributed by atoms with Gasteiger partial charge < -0.3 is 15.5 Å². The van der Waals surface area contributed by atoms with Crippen LogP contribution in [0.3, 0.4) is 0 Å². The minimum absolute atomic E-state index is 0.0211. The van der Waals surface area contributed by atoms with Crippen molar-refractivity contribution >= 4 is 27.6 Å². The highest BCUT2D eigenvalue weighted by molar-refractivity contribution is 7.19. The Morgan fingerprint density at radius 2 is 1.87 bits per heavy atom. The quantitative estimate of drug-likeness (QED) is 0.589. The SMILES string of the molecule is Cc1c(C(O)(O)N2CCNC2=O)sc2c1c(=O)n(C1CC1)c(=O)n2CCC(F)(F)F. The average molecular weight is 448 g/mol. The molecule has 2 aromatic heterocycles. The molecule has 0 bridgehead atoms.